The van der Waals surface area contributed by atoms with Crippen LogP contribution in [0.15, 0.2) is 24.3 Å². The standard InChI is InChI=1S/C14H21NO3S/c1-11(2)19(16,17)8-7-18-13-9-12-5-3-4-6-14(12)15-10-13/h3-6,11,13,15H,7-10H2,1-2H3. The van der Waals surface area contributed by atoms with Crippen LogP contribution in [0.1, 0.15) is 19.4 Å². The molecular formula is C14H21NO3S. The molecule has 1 aromatic carbocycles. The largest absolute Gasteiger partial charge is 0.382 e. The fourth-order valence-corrected chi connectivity index (χ4v) is 2.90. The third-order valence-corrected chi connectivity index (χ3v) is 5.60. The summed E-state index contributed by atoms with van der Waals surface area (Å²) >= 11 is 0. The first-order valence-electron chi connectivity index (χ1n) is 6.64. The second-order valence-electron chi connectivity index (χ2n) is 5.15. The fourth-order valence-electron chi connectivity index (χ4n) is 2.10. The van der Waals surface area contributed by atoms with Gasteiger partial charge in [-0.05, 0) is 25.5 Å². The SMILES string of the molecule is CC(C)S(=O)(=O)CCOC1CNc2ccccc2C1. The van der Waals surface area contributed by atoms with Crippen molar-refractivity contribution < 1.29 is 13.2 Å². The van der Waals surface area contributed by atoms with Crippen LogP contribution in [0.3, 0.4) is 0 Å². The topological polar surface area (TPSA) is 55.4 Å². The Kier molecular flexibility index (Phi) is 4.47. The summed E-state index contributed by atoms with van der Waals surface area (Å²) in [5.74, 6) is 0.100. The summed E-state index contributed by atoms with van der Waals surface area (Å²) in [5.41, 5.74) is 2.38. The minimum absolute atomic E-state index is 0.0530. The lowest BCUT2D eigenvalue weighted by atomic mass is 10.0. The second-order valence-corrected chi connectivity index (χ2v) is 7.83. The van der Waals surface area contributed by atoms with Crippen molar-refractivity contribution in [1.29, 1.82) is 0 Å². The summed E-state index contributed by atoms with van der Waals surface area (Å²) in [6, 6.07) is 8.13. The third-order valence-electron chi connectivity index (χ3n) is 3.42. The van der Waals surface area contributed by atoms with Crippen molar-refractivity contribution in [1.82, 2.24) is 0 Å². The van der Waals surface area contributed by atoms with Gasteiger partial charge in [-0.15, -0.1) is 0 Å². The first kappa shape index (κ1) is 14.3. The lowest BCUT2D eigenvalue weighted by molar-refractivity contribution is 0.0716. The van der Waals surface area contributed by atoms with Gasteiger partial charge in [0.05, 0.1) is 23.7 Å². The predicted octanol–water partition coefficient (Wildman–Crippen LogP) is 1.86. The molecule has 0 saturated heterocycles. The molecule has 5 heteroatoms. The fraction of sp³-hybridized carbons (Fsp3) is 0.571. The highest BCUT2D eigenvalue weighted by molar-refractivity contribution is 7.91. The van der Waals surface area contributed by atoms with Crippen molar-refractivity contribution in [2.24, 2.45) is 0 Å². The molecule has 0 radical (unpaired) electrons. The number of hydrogen-bond acceptors (Lipinski definition) is 4. The average Bonchev–Trinajstić information content (AvgIpc) is 2.38. The minimum Gasteiger partial charge on any atom is -0.382 e. The van der Waals surface area contributed by atoms with Gasteiger partial charge in [-0.2, -0.15) is 0 Å². The van der Waals surface area contributed by atoms with Crippen LogP contribution in [-0.2, 0) is 21.0 Å². The van der Waals surface area contributed by atoms with Crippen LogP contribution in [0.25, 0.3) is 0 Å². The van der Waals surface area contributed by atoms with E-state index in [1.54, 1.807) is 13.8 Å². The Hall–Kier alpha value is -1.07. The number of para-hydroxylation sites is 1. The minimum atomic E-state index is -3.00. The molecule has 0 aliphatic carbocycles. The molecular weight excluding hydrogens is 262 g/mol. The van der Waals surface area contributed by atoms with E-state index in [0.29, 0.717) is 0 Å². The van der Waals surface area contributed by atoms with Crippen LogP contribution in [0.4, 0.5) is 5.69 Å². The zero-order valence-electron chi connectivity index (χ0n) is 11.4. The molecule has 1 aliphatic heterocycles. The van der Waals surface area contributed by atoms with Crippen molar-refractivity contribution >= 4 is 15.5 Å². The van der Waals surface area contributed by atoms with Gasteiger partial charge in [0, 0.05) is 18.7 Å². The van der Waals surface area contributed by atoms with E-state index in [0.717, 1.165) is 18.7 Å². The first-order valence-corrected chi connectivity index (χ1v) is 8.35. The molecule has 1 aromatic rings. The monoisotopic (exact) mass is 283 g/mol. The highest BCUT2D eigenvalue weighted by Crippen LogP contribution is 2.22. The van der Waals surface area contributed by atoms with Crippen LogP contribution >= 0.6 is 0 Å². The normalized spacial score (nSPS) is 19.0. The third kappa shape index (κ3) is 3.70. The van der Waals surface area contributed by atoms with E-state index in [2.05, 4.69) is 17.4 Å². The molecule has 0 bridgehead atoms. The average molecular weight is 283 g/mol. The maximum Gasteiger partial charge on any atom is 0.154 e. The van der Waals surface area contributed by atoms with E-state index in [4.69, 9.17) is 4.74 Å². The van der Waals surface area contributed by atoms with Gasteiger partial charge in [0.15, 0.2) is 9.84 Å². The number of hydrogen-bond donors (Lipinski definition) is 1. The second kappa shape index (κ2) is 5.92. The molecule has 106 valence electrons. The number of rotatable bonds is 5. The smallest absolute Gasteiger partial charge is 0.154 e. The molecule has 1 atom stereocenters. The van der Waals surface area contributed by atoms with E-state index >= 15 is 0 Å². The van der Waals surface area contributed by atoms with E-state index in [1.807, 2.05) is 12.1 Å². The van der Waals surface area contributed by atoms with Crippen molar-refractivity contribution in [2.45, 2.75) is 31.6 Å². The van der Waals surface area contributed by atoms with E-state index < -0.39 is 9.84 Å². The first-order chi connectivity index (χ1) is 8.99. The van der Waals surface area contributed by atoms with Crippen LogP contribution < -0.4 is 5.32 Å². The highest BCUT2D eigenvalue weighted by atomic mass is 32.2. The van der Waals surface area contributed by atoms with Gasteiger partial charge >= 0.3 is 0 Å². The number of nitrogens with one attached hydrogen (secondary N) is 1. The summed E-state index contributed by atoms with van der Waals surface area (Å²) in [4.78, 5) is 0. The summed E-state index contributed by atoms with van der Waals surface area (Å²) in [5, 5.41) is 2.98. The molecule has 1 heterocycles. The molecule has 2 rings (SSSR count). The zero-order chi connectivity index (χ0) is 13.9. The predicted molar refractivity (Wildman–Crippen MR) is 77.3 cm³/mol. The maximum absolute atomic E-state index is 11.7. The Labute approximate surface area is 115 Å². The van der Waals surface area contributed by atoms with E-state index in [9.17, 15) is 8.42 Å². The lowest BCUT2D eigenvalue weighted by Gasteiger charge is -2.26. The van der Waals surface area contributed by atoms with Crippen LogP contribution in [0.2, 0.25) is 0 Å². The molecule has 1 unspecified atom stereocenters. The molecule has 1 N–H and O–H groups in total. The van der Waals surface area contributed by atoms with Gasteiger partial charge in [-0.25, -0.2) is 8.42 Å². The Balaban J connectivity index is 1.84. The Morgan fingerprint density at radius 1 is 1.37 bits per heavy atom. The Bertz CT molecular complexity index is 525. The maximum atomic E-state index is 11.7. The molecule has 0 amide bonds. The molecule has 4 nitrogen and oxygen atoms in total. The van der Waals surface area contributed by atoms with Gasteiger partial charge in [-0.1, -0.05) is 18.2 Å². The highest BCUT2D eigenvalue weighted by Gasteiger charge is 2.20. The van der Waals surface area contributed by atoms with Crippen molar-refractivity contribution in [3.63, 3.8) is 0 Å². The summed E-state index contributed by atoms with van der Waals surface area (Å²) in [6.45, 7) is 4.41. The summed E-state index contributed by atoms with van der Waals surface area (Å²) in [6.07, 6.45) is 0.891. The Morgan fingerprint density at radius 3 is 2.84 bits per heavy atom. The van der Waals surface area contributed by atoms with Crippen LogP contribution in [-0.4, -0.2) is 38.7 Å². The van der Waals surface area contributed by atoms with Crippen LogP contribution in [0.5, 0.6) is 0 Å². The molecule has 19 heavy (non-hydrogen) atoms. The number of ether oxygens (including phenoxy) is 1. The van der Waals surface area contributed by atoms with Gasteiger partial charge < -0.3 is 10.1 Å². The van der Waals surface area contributed by atoms with Gasteiger partial charge in [0.1, 0.15) is 0 Å². The quantitative estimate of drug-likeness (QED) is 0.896. The number of anilines is 1. The van der Waals surface area contributed by atoms with Crippen LogP contribution in [0, 0.1) is 0 Å². The van der Waals surface area contributed by atoms with Gasteiger partial charge in [0.25, 0.3) is 0 Å². The van der Waals surface area contributed by atoms with E-state index in [1.165, 1.54) is 5.56 Å². The molecule has 0 aromatic heterocycles. The van der Waals surface area contributed by atoms with Crippen molar-refractivity contribution in [3.05, 3.63) is 29.8 Å². The molecule has 0 fully saturated rings. The Morgan fingerprint density at radius 2 is 2.11 bits per heavy atom. The number of sulfone groups is 1. The summed E-state index contributed by atoms with van der Waals surface area (Å²) in [7, 11) is -3.00. The number of benzene rings is 1. The van der Waals surface area contributed by atoms with E-state index in [-0.39, 0.29) is 23.7 Å². The van der Waals surface area contributed by atoms with Gasteiger partial charge in [-0.3, -0.25) is 0 Å². The molecule has 0 saturated carbocycles. The zero-order valence-corrected chi connectivity index (χ0v) is 12.2. The summed E-state index contributed by atoms with van der Waals surface area (Å²) < 4.78 is 29.0. The number of fused-ring (bicyclic) bond motifs is 1. The van der Waals surface area contributed by atoms with Crippen molar-refractivity contribution in [3.8, 4) is 0 Å². The molecule has 0 spiro atoms. The van der Waals surface area contributed by atoms with Crippen molar-refractivity contribution in [2.75, 3.05) is 24.2 Å². The lowest BCUT2D eigenvalue weighted by Crippen LogP contribution is -2.32. The molecule has 1 aliphatic rings. The van der Waals surface area contributed by atoms with Gasteiger partial charge in [0.2, 0.25) is 0 Å².